The molecule has 1 heterocycles. The summed E-state index contributed by atoms with van der Waals surface area (Å²) in [4.78, 5) is 2.30. The summed E-state index contributed by atoms with van der Waals surface area (Å²) in [5.41, 5.74) is 0. The van der Waals surface area contributed by atoms with Gasteiger partial charge >= 0.3 is 54.0 Å². The molecular formula is C5H8NSb. The van der Waals surface area contributed by atoms with Crippen LogP contribution in [0.15, 0.2) is 24.5 Å². The van der Waals surface area contributed by atoms with Gasteiger partial charge in [0, 0.05) is 0 Å². The van der Waals surface area contributed by atoms with Gasteiger partial charge in [-0.3, -0.25) is 0 Å². The number of aromatic nitrogens is 1. The zero-order valence-corrected chi connectivity index (χ0v) is 7.11. The fourth-order valence-electron chi connectivity index (χ4n) is 0.484. The van der Waals surface area contributed by atoms with E-state index >= 15 is 0 Å². The van der Waals surface area contributed by atoms with Crippen molar-refractivity contribution in [3.05, 3.63) is 24.5 Å². The molecule has 0 fully saturated rings. The van der Waals surface area contributed by atoms with Crippen molar-refractivity contribution in [1.29, 1.82) is 0 Å². The van der Waals surface area contributed by atoms with Crippen LogP contribution >= 0.6 is 0 Å². The molecule has 1 rings (SSSR count). The first kappa shape index (κ1) is 5.24. The zero-order valence-electron chi connectivity index (χ0n) is 4.26. The van der Waals surface area contributed by atoms with Gasteiger partial charge < -0.3 is 0 Å². The second kappa shape index (κ2) is 2.42. The molecule has 0 aliphatic rings. The van der Waals surface area contributed by atoms with Crippen LogP contribution in [0.3, 0.4) is 0 Å². The average molecular weight is 204 g/mol. The summed E-state index contributed by atoms with van der Waals surface area (Å²) in [6.45, 7) is 0. The molecule has 2 heteroatoms. The Kier molecular flexibility index (Phi) is 1.81. The Balaban J connectivity index is 2.76. The summed E-state index contributed by atoms with van der Waals surface area (Å²) in [6.07, 6.45) is 4.26. The summed E-state index contributed by atoms with van der Waals surface area (Å²) >= 11 is -0.180. The van der Waals surface area contributed by atoms with Gasteiger partial charge in [-0.25, -0.2) is 0 Å². The Morgan fingerprint density at radius 2 is 1.86 bits per heavy atom. The average Bonchev–Trinajstić information content (AvgIpc) is 2.14. The Morgan fingerprint density at radius 1 is 1.29 bits per heavy atom. The maximum absolute atomic E-state index is 2.30. The van der Waals surface area contributed by atoms with Crippen LogP contribution in [0.1, 0.15) is 0 Å². The quantitative estimate of drug-likeness (QED) is 0.594. The van der Waals surface area contributed by atoms with Crippen LogP contribution in [-0.4, -0.2) is 24.6 Å². The number of nitrogens with zero attached hydrogens (tertiary/aromatic N) is 1. The van der Waals surface area contributed by atoms with Gasteiger partial charge in [0.25, 0.3) is 0 Å². The first-order valence-corrected chi connectivity index (χ1v) is 6.37. The van der Waals surface area contributed by atoms with E-state index in [1.165, 1.54) is 0 Å². The van der Waals surface area contributed by atoms with Crippen LogP contribution in [0.5, 0.6) is 0 Å². The molecule has 0 spiro atoms. The van der Waals surface area contributed by atoms with Gasteiger partial charge in [0.2, 0.25) is 0 Å². The van der Waals surface area contributed by atoms with Crippen LogP contribution in [0, 0.1) is 0 Å². The summed E-state index contributed by atoms with van der Waals surface area (Å²) in [7, 11) is 0. The molecular weight excluding hydrogens is 196 g/mol. The van der Waals surface area contributed by atoms with Crippen LogP contribution in [0.25, 0.3) is 0 Å². The predicted octanol–water partition coefficient (Wildman–Crippen LogP) is 0.736. The van der Waals surface area contributed by atoms with Crippen LogP contribution in [0.4, 0.5) is 0 Å². The van der Waals surface area contributed by atoms with E-state index in [1.54, 1.807) is 0 Å². The predicted molar refractivity (Wildman–Crippen MR) is 32.8 cm³/mol. The SMILES string of the molecule is [CH3][SbH][n]1cccc1. The molecule has 1 aromatic heterocycles. The van der Waals surface area contributed by atoms with Crippen LogP contribution in [0.2, 0.25) is 4.87 Å². The molecule has 0 radical (unpaired) electrons. The van der Waals surface area contributed by atoms with E-state index in [-0.39, 0.29) is 21.9 Å². The Hall–Kier alpha value is 0.0982. The van der Waals surface area contributed by atoms with Crippen molar-refractivity contribution in [2.75, 3.05) is 0 Å². The van der Waals surface area contributed by atoms with Crippen molar-refractivity contribution in [3.63, 3.8) is 0 Å². The second-order valence-corrected chi connectivity index (χ2v) is 4.06. The molecule has 1 nitrogen and oxygen atoms in total. The third kappa shape index (κ3) is 1.24. The molecule has 0 N–H and O–H groups in total. The van der Waals surface area contributed by atoms with E-state index in [9.17, 15) is 0 Å². The number of hydrogen-bond acceptors (Lipinski definition) is 0. The van der Waals surface area contributed by atoms with Gasteiger partial charge in [-0.2, -0.15) is 0 Å². The molecule has 0 saturated heterocycles. The van der Waals surface area contributed by atoms with Gasteiger partial charge in [0.05, 0.1) is 0 Å². The molecule has 0 atom stereocenters. The third-order valence-corrected chi connectivity index (χ3v) is 3.19. The van der Waals surface area contributed by atoms with Crippen molar-refractivity contribution < 1.29 is 0 Å². The van der Waals surface area contributed by atoms with Crippen molar-refractivity contribution in [2.45, 2.75) is 4.87 Å². The van der Waals surface area contributed by atoms with Crippen molar-refractivity contribution in [3.8, 4) is 0 Å². The molecule has 0 unspecified atom stereocenters. The number of rotatable bonds is 1. The molecule has 0 aliphatic carbocycles. The molecule has 0 amide bonds. The fourth-order valence-corrected chi connectivity index (χ4v) is 1.83. The Bertz CT molecular complexity index is 123. The van der Waals surface area contributed by atoms with Crippen molar-refractivity contribution in [1.82, 2.24) is 2.73 Å². The first-order chi connectivity index (χ1) is 3.43. The minimum atomic E-state index is -0.180. The molecule has 0 bridgehead atoms. The second-order valence-electron chi connectivity index (χ2n) is 1.31. The van der Waals surface area contributed by atoms with Gasteiger partial charge in [-0.15, -0.1) is 0 Å². The van der Waals surface area contributed by atoms with E-state index < -0.39 is 0 Å². The summed E-state index contributed by atoms with van der Waals surface area (Å²) in [5.74, 6) is 0. The van der Waals surface area contributed by atoms with Crippen LogP contribution < -0.4 is 0 Å². The Labute approximate surface area is 54.2 Å². The van der Waals surface area contributed by atoms with Gasteiger partial charge in [-0.1, -0.05) is 0 Å². The summed E-state index contributed by atoms with van der Waals surface area (Å²) < 4.78 is 2.30. The van der Waals surface area contributed by atoms with Crippen LogP contribution in [-0.2, 0) is 0 Å². The monoisotopic (exact) mass is 203 g/mol. The van der Waals surface area contributed by atoms with E-state index in [1.807, 2.05) is 0 Å². The van der Waals surface area contributed by atoms with Gasteiger partial charge in [-0.05, 0) is 0 Å². The van der Waals surface area contributed by atoms with Crippen molar-refractivity contribution in [2.24, 2.45) is 0 Å². The normalized spacial score (nSPS) is 9.29. The molecule has 7 heavy (non-hydrogen) atoms. The standard InChI is InChI=1S/C4H4N.CH3.Sb.H/c1-2-4-5-3-1;;;/h1-4H;1H3;;/q-1;;+1;. The maximum atomic E-state index is 2.30. The van der Waals surface area contributed by atoms with E-state index in [0.29, 0.717) is 0 Å². The first-order valence-electron chi connectivity index (χ1n) is 2.24. The molecule has 38 valence electrons. The molecule has 0 aliphatic heterocycles. The number of hydrogen-bond donors (Lipinski definition) is 0. The Morgan fingerprint density at radius 3 is 2.14 bits per heavy atom. The minimum absolute atomic E-state index is 0.180. The van der Waals surface area contributed by atoms with E-state index in [2.05, 4.69) is 32.1 Å². The fraction of sp³-hybridized carbons (Fsp3) is 0.200. The van der Waals surface area contributed by atoms with E-state index in [0.717, 1.165) is 0 Å². The molecule has 1 aromatic rings. The molecule has 0 aromatic carbocycles. The topological polar surface area (TPSA) is 4.93 Å². The summed E-state index contributed by atoms with van der Waals surface area (Å²) in [5, 5.41) is 0. The van der Waals surface area contributed by atoms with Gasteiger partial charge in [0.15, 0.2) is 0 Å². The summed E-state index contributed by atoms with van der Waals surface area (Å²) in [6, 6.07) is 4.15. The van der Waals surface area contributed by atoms with Crippen molar-refractivity contribution >= 4 is 21.9 Å². The third-order valence-electron chi connectivity index (χ3n) is 0.863. The van der Waals surface area contributed by atoms with Gasteiger partial charge in [0.1, 0.15) is 0 Å². The molecule has 0 saturated carbocycles. The van der Waals surface area contributed by atoms with E-state index in [4.69, 9.17) is 0 Å². The zero-order chi connectivity index (χ0) is 5.11.